The molecule has 15 heteroatoms. The van der Waals surface area contributed by atoms with E-state index in [2.05, 4.69) is 10.6 Å². The Labute approximate surface area is 236 Å². The summed E-state index contributed by atoms with van der Waals surface area (Å²) < 4.78 is 93.2. The average Bonchev–Trinajstić information content (AvgIpc) is 3.32. The quantitative estimate of drug-likeness (QED) is 0.371. The van der Waals surface area contributed by atoms with E-state index in [1.165, 1.54) is 17.0 Å². The molecule has 2 aromatic rings. The molecule has 2 atom stereocenters. The Morgan fingerprint density at radius 2 is 1.52 bits per heavy atom. The first-order valence-electron chi connectivity index (χ1n) is 13.1. The zero-order chi connectivity index (χ0) is 30.9. The van der Waals surface area contributed by atoms with Crippen molar-refractivity contribution in [2.45, 2.75) is 55.9 Å². The van der Waals surface area contributed by atoms with Crippen molar-refractivity contribution in [3.8, 4) is 0 Å². The highest BCUT2D eigenvalue weighted by atomic mass is 19.4. The molecule has 2 unspecified atom stereocenters. The molecule has 1 heterocycles. The Kier molecular flexibility index (Phi) is 9.04. The maximum absolute atomic E-state index is 14.7. The van der Waals surface area contributed by atoms with Gasteiger partial charge in [0.2, 0.25) is 0 Å². The van der Waals surface area contributed by atoms with Gasteiger partial charge in [-0.05, 0) is 43.0 Å². The number of halogens is 7. The number of amides is 3. The number of benzene rings is 2. The van der Waals surface area contributed by atoms with Gasteiger partial charge in [-0.2, -0.15) is 26.3 Å². The fourth-order valence-electron chi connectivity index (χ4n) is 5.07. The molecule has 0 spiro atoms. The van der Waals surface area contributed by atoms with E-state index >= 15 is 0 Å². The van der Waals surface area contributed by atoms with Gasteiger partial charge in [-0.3, -0.25) is 9.69 Å². The average molecular weight is 607 g/mol. The first-order valence-corrected chi connectivity index (χ1v) is 13.1. The third kappa shape index (κ3) is 6.63. The minimum absolute atomic E-state index is 0.0514. The number of hydrogen-bond acceptors (Lipinski definition) is 5. The van der Waals surface area contributed by atoms with Gasteiger partial charge in [-0.1, -0.05) is 24.3 Å². The van der Waals surface area contributed by atoms with E-state index in [9.17, 15) is 50.5 Å². The second kappa shape index (κ2) is 12.1. The van der Waals surface area contributed by atoms with Gasteiger partial charge >= 0.3 is 18.4 Å². The van der Waals surface area contributed by atoms with E-state index in [0.29, 0.717) is 43.6 Å². The van der Waals surface area contributed by atoms with Gasteiger partial charge in [0.1, 0.15) is 5.82 Å². The zero-order valence-electron chi connectivity index (χ0n) is 22.1. The van der Waals surface area contributed by atoms with Crippen molar-refractivity contribution in [3.63, 3.8) is 0 Å². The van der Waals surface area contributed by atoms with Gasteiger partial charge in [-0.15, -0.1) is 0 Å². The first kappa shape index (κ1) is 31.5. The van der Waals surface area contributed by atoms with E-state index in [4.69, 9.17) is 0 Å². The van der Waals surface area contributed by atoms with Crippen molar-refractivity contribution in [1.82, 2.24) is 15.1 Å². The SMILES string of the molecule is O=C(Nc1ccc(C(=O)N2CCN(Cc3ccc(C(O)(C(F)(F)F)C(F)(F)F)cc3)CC2)cc1F)NC1CCCC1O. The predicted octanol–water partition coefficient (Wildman–Crippen LogP) is 4.13. The molecule has 0 radical (unpaired) electrons. The second-order valence-corrected chi connectivity index (χ2v) is 10.4. The highest BCUT2D eigenvalue weighted by Crippen LogP contribution is 2.50. The highest BCUT2D eigenvalue weighted by Gasteiger charge is 2.71. The number of piperazine rings is 1. The Morgan fingerprint density at radius 3 is 2.05 bits per heavy atom. The van der Waals surface area contributed by atoms with Crippen molar-refractivity contribution >= 4 is 17.6 Å². The summed E-state index contributed by atoms with van der Waals surface area (Å²) in [7, 11) is 0. The Hall–Kier alpha value is -3.43. The van der Waals surface area contributed by atoms with Crippen LogP contribution in [0.15, 0.2) is 42.5 Å². The van der Waals surface area contributed by atoms with E-state index in [1.54, 1.807) is 0 Å². The highest BCUT2D eigenvalue weighted by molar-refractivity contribution is 5.95. The van der Waals surface area contributed by atoms with Crippen molar-refractivity contribution in [1.29, 1.82) is 0 Å². The molecular weight excluding hydrogens is 577 g/mol. The maximum atomic E-state index is 14.7. The van der Waals surface area contributed by atoms with Crippen LogP contribution in [0.4, 0.5) is 41.2 Å². The summed E-state index contributed by atoms with van der Waals surface area (Å²) in [5.74, 6) is -1.28. The van der Waals surface area contributed by atoms with Gasteiger partial charge < -0.3 is 25.7 Å². The lowest BCUT2D eigenvalue weighted by Gasteiger charge is -2.35. The molecule has 1 saturated heterocycles. The van der Waals surface area contributed by atoms with Crippen LogP contribution in [0.5, 0.6) is 0 Å². The summed E-state index contributed by atoms with van der Waals surface area (Å²) in [5.41, 5.74) is -6.03. The summed E-state index contributed by atoms with van der Waals surface area (Å²) in [6.45, 7) is 1.29. The van der Waals surface area contributed by atoms with E-state index in [1.807, 2.05) is 4.90 Å². The van der Waals surface area contributed by atoms with Gasteiger partial charge in [0.25, 0.3) is 11.5 Å². The Bertz CT molecular complexity index is 1260. The molecule has 1 aliphatic carbocycles. The number of nitrogens with one attached hydrogen (secondary N) is 2. The predicted molar refractivity (Wildman–Crippen MR) is 136 cm³/mol. The number of anilines is 1. The fourth-order valence-corrected chi connectivity index (χ4v) is 5.07. The van der Waals surface area contributed by atoms with Crippen LogP contribution < -0.4 is 10.6 Å². The molecule has 0 aromatic heterocycles. The summed E-state index contributed by atoms with van der Waals surface area (Å²) in [6, 6.07) is 5.84. The number of carbonyl (C=O) groups is 2. The third-order valence-electron chi connectivity index (χ3n) is 7.52. The number of hydrogen-bond donors (Lipinski definition) is 4. The van der Waals surface area contributed by atoms with E-state index in [-0.39, 0.29) is 30.9 Å². The maximum Gasteiger partial charge on any atom is 0.430 e. The number of nitrogens with zero attached hydrogens (tertiary/aromatic N) is 2. The van der Waals surface area contributed by atoms with Crippen molar-refractivity contribution in [2.75, 3.05) is 31.5 Å². The molecule has 2 fully saturated rings. The number of aliphatic hydroxyl groups excluding tert-OH is 1. The smallest absolute Gasteiger partial charge is 0.391 e. The van der Waals surface area contributed by atoms with Crippen molar-refractivity contribution in [3.05, 3.63) is 65.0 Å². The molecule has 4 N–H and O–H groups in total. The molecule has 1 aliphatic heterocycles. The lowest BCUT2D eigenvalue weighted by Crippen LogP contribution is -2.53. The van der Waals surface area contributed by atoms with E-state index < -0.39 is 53.4 Å². The molecular formula is C27H29F7N4O4. The molecule has 1 saturated carbocycles. The lowest BCUT2D eigenvalue weighted by molar-refractivity contribution is -0.376. The minimum atomic E-state index is -5.97. The summed E-state index contributed by atoms with van der Waals surface area (Å²) in [5, 5.41) is 24.3. The van der Waals surface area contributed by atoms with Crippen LogP contribution in [0.1, 0.15) is 40.7 Å². The summed E-state index contributed by atoms with van der Waals surface area (Å²) in [4.78, 5) is 28.4. The largest absolute Gasteiger partial charge is 0.430 e. The summed E-state index contributed by atoms with van der Waals surface area (Å²) in [6.07, 6.45) is -10.7. The molecule has 2 aliphatic rings. The molecule has 8 nitrogen and oxygen atoms in total. The van der Waals surface area contributed by atoms with Crippen LogP contribution >= 0.6 is 0 Å². The molecule has 4 rings (SSSR count). The standard InChI is InChI=1S/C27H29F7N4O4/c28-19-14-17(6-9-20(19)35-24(41)36-21-2-1-3-22(21)39)23(40)38-12-10-37(11-13-38)15-16-4-7-18(8-5-16)25(42,26(29,30)31)27(32,33)34/h4-9,14,21-22,39,42H,1-3,10-13,15H2,(H2,35,36,41). The van der Waals surface area contributed by atoms with Crippen LogP contribution in [0.25, 0.3) is 0 Å². The monoisotopic (exact) mass is 606 g/mol. The number of rotatable bonds is 6. The fraction of sp³-hybridized carbons (Fsp3) is 0.481. The van der Waals surface area contributed by atoms with Crippen molar-refractivity contribution in [2.24, 2.45) is 0 Å². The van der Waals surface area contributed by atoms with Gasteiger partial charge in [0.15, 0.2) is 0 Å². The van der Waals surface area contributed by atoms with Crippen LogP contribution in [-0.4, -0.2) is 82.6 Å². The molecule has 3 amide bonds. The van der Waals surface area contributed by atoms with E-state index in [0.717, 1.165) is 24.6 Å². The summed E-state index contributed by atoms with van der Waals surface area (Å²) >= 11 is 0. The van der Waals surface area contributed by atoms with Crippen LogP contribution in [0.2, 0.25) is 0 Å². The molecule has 230 valence electrons. The number of alkyl halides is 6. The first-order chi connectivity index (χ1) is 19.6. The second-order valence-electron chi connectivity index (χ2n) is 10.4. The Morgan fingerprint density at radius 1 is 0.905 bits per heavy atom. The number of carbonyl (C=O) groups excluding carboxylic acids is 2. The molecule has 0 bridgehead atoms. The zero-order valence-corrected chi connectivity index (χ0v) is 22.1. The topological polar surface area (TPSA) is 105 Å². The van der Waals surface area contributed by atoms with Crippen LogP contribution in [-0.2, 0) is 12.1 Å². The van der Waals surface area contributed by atoms with Gasteiger partial charge in [0.05, 0.1) is 17.8 Å². The lowest BCUT2D eigenvalue weighted by atomic mass is 9.91. The Balaban J connectivity index is 1.30. The molecule has 2 aromatic carbocycles. The third-order valence-corrected chi connectivity index (χ3v) is 7.52. The van der Waals surface area contributed by atoms with Crippen LogP contribution in [0.3, 0.4) is 0 Å². The minimum Gasteiger partial charge on any atom is -0.391 e. The van der Waals surface area contributed by atoms with Crippen molar-refractivity contribution < 1.29 is 50.5 Å². The van der Waals surface area contributed by atoms with Gasteiger partial charge in [0, 0.05) is 43.9 Å². The number of aliphatic hydroxyl groups is 2. The number of urea groups is 1. The van der Waals surface area contributed by atoms with Crippen LogP contribution in [0, 0.1) is 5.82 Å². The molecule has 42 heavy (non-hydrogen) atoms. The van der Waals surface area contributed by atoms with Gasteiger partial charge in [-0.25, -0.2) is 9.18 Å². The normalized spacial score (nSPS) is 20.5.